The van der Waals surface area contributed by atoms with Crippen molar-refractivity contribution in [2.75, 3.05) is 5.32 Å². The monoisotopic (exact) mass is 382 g/mol. The van der Waals surface area contributed by atoms with E-state index in [1.807, 2.05) is 0 Å². The topological polar surface area (TPSA) is 83.1 Å². The number of halogens is 1. The van der Waals surface area contributed by atoms with Gasteiger partial charge in [0.05, 0.1) is 11.9 Å². The van der Waals surface area contributed by atoms with Crippen LogP contribution in [0.1, 0.15) is 40.5 Å². The number of anilines is 1. The third-order valence-corrected chi connectivity index (χ3v) is 4.19. The van der Waals surface area contributed by atoms with Crippen LogP contribution in [-0.2, 0) is 9.59 Å². The molecule has 2 rings (SSSR count). The number of rotatable bonds is 2. The average molecular weight is 383 g/mol. The van der Waals surface area contributed by atoms with Gasteiger partial charge in [0.15, 0.2) is 0 Å². The molecule has 1 aromatic heterocycles. The first-order valence-electron chi connectivity index (χ1n) is 7.59. The van der Waals surface area contributed by atoms with E-state index in [4.69, 9.17) is 0 Å². The van der Waals surface area contributed by atoms with E-state index < -0.39 is 11.8 Å². The van der Waals surface area contributed by atoms with Gasteiger partial charge < -0.3 is 16.0 Å². The number of carbonyl (C=O) groups excluding carboxylic acids is 2. The predicted molar refractivity (Wildman–Crippen MR) is 93.0 cm³/mol. The van der Waals surface area contributed by atoms with Crippen LogP contribution in [0.4, 0.5) is 5.69 Å². The summed E-state index contributed by atoms with van der Waals surface area (Å²) in [5.74, 6) is -1.30. The van der Waals surface area contributed by atoms with Gasteiger partial charge >= 0.3 is 11.8 Å². The Balaban J connectivity index is 1.95. The normalized spacial score (nSPS) is 19.9. The minimum atomic E-state index is -0.678. The largest absolute Gasteiger partial charge is 0.345 e. The zero-order valence-electron chi connectivity index (χ0n) is 13.9. The van der Waals surface area contributed by atoms with Crippen molar-refractivity contribution in [3.05, 3.63) is 22.9 Å². The third-order valence-electron chi connectivity index (χ3n) is 3.72. The van der Waals surface area contributed by atoms with Gasteiger partial charge in [-0.3, -0.25) is 9.59 Å². The molecule has 0 aromatic carbocycles. The van der Waals surface area contributed by atoms with E-state index in [0.29, 0.717) is 10.3 Å². The Morgan fingerprint density at radius 3 is 2.30 bits per heavy atom. The Hall–Kier alpha value is -1.47. The van der Waals surface area contributed by atoms with Gasteiger partial charge in [-0.1, -0.05) is 0 Å². The Bertz CT molecular complexity index is 583. The van der Waals surface area contributed by atoms with E-state index in [2.05, 4.69) is 64.6 Å². The van der Waals surface area contributed by atoms with Crippen LogP contribution < -0.4 is 16.0 Å². The highest BCUT2D eigenvalue weighted by atomic mass is 79.9. The molecular formula is C16H23BrN4O2. The summed E-state index contributed by atoms with van der Waals surface area (Å²) in [5, 5.41) is 8.94. The SMILES string of the molecule is CC1(C)CC(NC(=O)C(=O)Nc2ccc(Br)nc2)CC(C)(C)N1. The molecule has 126 valence electrons. The van der Waals surface area contributed by atoms with Crippen molar-refractivity contribution in [3.63, 3.8) is 0 Å². The molecule has 0 spiro atoms. The molecule has 7 heteroatoms. The molecule has 3 N–H and O–H groups in total. The number of hydrogen-bond donors (Lipinski definition) is 3. The summed E-state index contributed by atoms with van der Waals surface area (Å²) in [6.07, 6.45) is 3.04. The van der Waals surface area contributed by atoms with E-state index in [1.165, 1.54) is 6.20 Å². The summed E-state index contributed by atoms with van der Waals surface area (Å²) in [4.78, 5) is 28.2. The summed E-state index contributed by atoms with van der Waals surface area (Å²) in [6, 6.07) is 3.34. The fourth-order valence-corrected chi connectivity index (χ4v) is 3.55. The van der Waals surface area contributed by atoms with Gasteiger partial charge in [0.1, 0.15) is 4.60 Å². The van der Waals surface area contributed by atoms with Crippen molar-refractivity contribution in [3.8, 4) is 0 Å². The first kappa shape index (κ1) is 17.9. The molecule has 1 fully saturated rings. The molecule has 0 unspecified atom stereocenters. The molecule has 0 atom stereocenters. The number of nitrogens with zero attached hydrogens (tertiary/aromatic N) is 1. The van der Waals surface area contributed by atoms with Gasteiger partial charge in [-0.15, -0.1) is 0 Å². The molecule has 1 saturated heterocycles. The zero-order chi connectivity index (χ0) is 17.3. The fourth-order valence-electron chi connectivity index (χ4n) is 3.31. The second-order valence-electron chi connectivity index (χ2n) is 7.30. The lowest BCUT2D eigenvalue weighted by Gasteiger charge is -2.46. The van der Waals surface area contributed by atoms with Gasteiger partial charge in [0.25, 0.3) is 0 Å². The minimum Gasteiger partial charge on any atom is -0.345 e. The predicted octanol–water partition coefficient (Wildman–Crippen LogP) is 2.21. The van der Waals surface area contributed by atoms with Gasteiger partial charge in [-0.25, -0.2) is 4.98 Å². The first-order chi connectivity index (χ1) is 10.6. The van der Waals surface area contributed by atoms with Crippen LogP contribution in [0.5, 0.6) is 0 Å². The van der Waals surface area contributed by atoms with E-state index >= 15 is 0 Å². The number of aromatic nitrogens is 1. The van der Waals surface area contributed by atoms with Crippen molar-refractivity contribution >= 4 is 33.4 Å². The number of carbonyl (C=O) groups is 2. The van der Waals surface area contributed by atoms with Crippen LogP contribution in [0.15, 0.2) is 22.9 Å². The first-order valence-corrected chi connectivity index (χ1v) is 8.38. The second-order valence-corrected chi connectivity index (χ2v) is 8.11. The van der Waals surface area contributed by atoms with E-state index in [0.717, 1.165) is 12.8 Å². The molecule has 6 nitrogen and oxygen atoms in total. The van der Waals surface area contributed by atoms with Crippen LogP contribution in [0, 0.1) is 0 Å². The van der Waals surface area contributed by atoms with Crippen LogP contribution in [0.2, 0.25) is 0 Å². The van der Waals surface area contributed by atoms with Crippen molar-refractivity contribution in [1.82, 2.24) is 15.6 Å². The summed E-state index contributed by atoms with van der Waals surface area (Å²) in [7, 11) is 0. The van der Waals surface area contributed by atoms with Crippen LogP contribution in [0.25, 0.3) is 0 Å². The molecule has 0 aliphatic carbocycles. The van der Waals surface area contributed by atoms with E-state index in [1.54, 1.807) is 12.1 Å². The maximum Gasteiger partial charge on any atom is 0.313 e. The van der Waals surface area contributed by atoms with E-state index in [9.17, 15) is 9.59 Å². The second kappa shape index (κ2) is 6.57. The number of nitrogens with one attached hydrogen (secondary N) is 3. The van der Waals surface area contributed by atoms with Crippen molar-refractivity contribution in [2.24, 2.45) is 0 Å². The minimum absolute atomic E-state index is 0.0393. The number of piperidine rings is 1. The smallest absolute Gasteiger partial charge is 0.313 e. The highest BCUT2D eigenvalue weighted by Gasteiger charge is 2.38. The lowest BCUT2D eigenvalue weighted by atomic mass is 9.79. The highest BCUT2D eigenvalue weighted by molar-refractivity contribution is 9.10. The standard InChI is InChI=1S/C16H23BrN4O2/c1-15(2)7-11(8-16(3,4)21-15)20-14(23)13(22)19-10-5-6-12(17)18-9-10/h5-6,9,11,21H,7-8H2,1-4H3,(H,19,22)(H,20,23). The molecule has 0 radical (unpaired) electrons. The molecule has 0 saturated carbocycles. The third kappa shape index (κ3) is 5.28. The van der Waals surface area contributed by atoms with Gasteiger partial charge in [0.2, 0.25) is 0 Å². The van der Waals surface area contributed by atoms with Crippen LogP contribution >= 0.6 is 15.9 Å². The molecule has 1 aliphatic heterocycles. The average Bonchev–Trinajstić information content (AvgIpc) is 2.37. The van der Waals surface area contributed by atoms with Crippen LogP contribution in [-0.4, -0.2) is 33.9 Å². The summed E-state index contributed by atoms with van der Waals surface area (Å²) >= 11 is 3.22. The zero-order valence-corrected chi connectivity index (χ0v) is 15.5. The summed E-state index contributed by atoms with van der Waals surface area (Å²) in [6.45, 7) is 8.39. The van der Waals surface area contributed by atoms with Crippen molar-refractivity contribution in [1.29, 1.82) is 0 Å². The molecule has 23 heavy (non-hydrogen) atoms. The van der Waals surface area contributed by atoms with Gasteiger partial charge in [0, 0.05) is 17.1 Å². The van der Waals surface area contributed by atoms with Crippen LogP contribution in [0.3, 0.4) is 0 Å². The van der Waals surface area contributed by atoms with Gasteiger partial charge in [-0.2, -0.15) is 0 Å². The Labute approximate surface area is 144 Å². The summed E-state index contributed by atoms with van der Waals surface area (Å²) in [5.41, 5.74) is 0.303. The maximum atomic E-state index is 12.1. The van der Waals surface area contributed by atoms with Crippen molar-refractivity contribution < 1.29 is 9.59 Å². The highest BCUT2D eigenvalue weighted by Crippen LogP contribution is 2.28. The van der Waals surface area contributed by atoms with Gasteiger partial charge in [-0.05, 0) is 68.6 Å². The lowest BCUT2D eigenvalue weighted by molar-refractivity contribution is -0.137. The molecule has 1 aromatic rings. The molecule has 1 aliphatic rings. The molecule has 2 amide bonds. The Morgan fingerprint density at radius 1 is 1.17 bits per heavy atom. The lowest BCUT2D eigenvalue weighted by Crippen LogP contribution is -2.62. The van der Waals surface area contributed by atoms with E-state index in [-0.39, 0.29) is 17.1 Å². The Kier molecular flexibility index (Phi) is 5.10. The quantitative estimate of drug-likeness (QED) is 0.540. The molecule has 0 bridgehead atoms. The summed E-state index contributed by atoms with van der Waals surface area (Å²) < 4.78 is 0.666. The maximum absolute atomic E-state index is 12.1. The number of hydrogen-bond acceptors (Lipinski definition) is 4. The van der Waals surface area contributed by atoms with Crippen molar-refractivity contribution in [2.45, 2.75) is 57.7 Å². The molecular weight excluding hydrogens is 360 g/mol. The Morgan fingerprint density at radius 2 is 1.78 bits per heavy atom. The fraction of sp³-hybridized carbons (Fsp3) is 0.562. The number of amides is 2. The molecule has 2 heterocycles. The number of pyridine rings is 1.